The Morgan fingerprint density at radius 2 is 0.620 bits per heavy atom. The normalized spacial score (nSPS) is 13.0. The van der Waals surface area contributed by atoms with Crippen LogP contribution >= 0.6 is 0 Å². The van der Waals surface area contributed by atoms with Crippen LogP contribution in [0.2, 0.25) is 0 Å². The Morgan fingerprint density at radius 3 is 0.930 bits per heavy atom. The number of rotatable bonds is 18. The Balaban J connectivity index is 1.54. The molecule has 4 unspecified atom stereocenters. The lowest BCUT2D eigenvalue weighted by atomic mass is 9.86. The molecule has 0 spiro atoms. The van der Waals surface area contributed by atoms with E-state index in [0.29, 0.717) is 71.0 Å². The molecule has 0 heterocycles. The molecule has 8 rings (SSSR count). The molecule has 0 fully saturated rings. The minimum atomic E-state index is -0.562. The minimum Gasteiger partial charge on any atom is -0.463 e. The highest BCUT2D eigenvalue weighted by molar-refractivity contribution is 6.11. The predicted octanol–water partition coefficient (Wildman–Crippen LogP) is 13.7. The van der Waals surface area contributed by atoms with Crippen molar-refractivity contribution in [3.8, 4) is 34.5 Å². The number of carbonyl (C=O) groups excluding carboxylic acids is 4. The number of ether oxygens (including phenoxy) is 7. The van der Waals surface area contributed by atoms with E-state index in [1.165, 1.54) is 27.7 Å². The Morgan fingerprint density at radius 1 is 0.338 bits per heavy atom. The van der Waals surface area contributed by atoms with E-state index in [1.54, 1.807) is 0 Å². The molecule has 0 bridgehead atoms. The van der Waals surface area contributed by atoms with Crippen LogP contribution in [0.15, 0.2) is 133 Å². The maximum absolute atomic E-state index is 12.5. The molecule has 4 atom stereocenters. The average Bonchev–Trinajstić information content (AvgIpc) is 3.31. The third-order valence-electron chi connectivity index (χ3n) is 12.2. The van der Waals surface area contributed by atoms with E-state index in [-0.39, 0.29) is 0 Å². The van der Waals surface area contributed by atoms with Gasteiger partial charge in [-0.25, -0.2) is 0 Å². The molecule has 0 aliphatic carbocycles. The Bertz CT molecular complexity index is 3050. The van der Waals surface area contributed by atoms with Crippen LogP contribution in [-0.4, -0.2) is 48.3 Å². The van der Waals surface area contributed by atoms with Crippen LogP contribution in [0.3, 0.4) is 0 Å². The maximum Gasteiger partial charge on any atom is 0.302 e. The van der Waals surface area contributed by atoms with Gasteiger partial charge in [0.25, 0.3) is 0 Å². The lowest BCUT2D eigenvalue weighted by Crippen LogP contribution is -2.18. The molecule has 364 valence electrons. The summed E-state index contributed by atoms with van der Waals surface area (Å²) in [6.45, 7) is 13.1. The molecular weight excluding hydrogens is 897 g/mol. The molecule has 0 N–H and O–H groups in total. The zero-order valence-corrected chi connectivity index (χ0v) is 41.3. The monoisotopic (exact) mass is 954 g/mol. The molecule has 11 heteroatoms. The number of fused-ring (bicyclic) bond motifs is 4. The summed E-state index contributed by atoms with van der Waals surface area (Å²) in [7, 11) is 0. The van der Waals surface area contributed by atoms with Crippen LogP contribution in [0, 0.1) is 0 Å². The zero-order chi connectivity index (χ0) is 50.3. The summed E-state index contributed by atoms with van der Waals surface area (Å²) in [6, 6.07) is 42.7. The molecule has 0 aromatic heterocycles. The van der Waals surface area contributed by atoms with E-state index in [1.807, 2.05) is 149 Å². The molecule has 11 nitrogen and oxygen atoms in total. The van der Waals surface area contributed by atoms with Gasteiger partial charge in [0.2, 0.25) is 0 Å². The second kappa shape index (κ2) is 21.8. The summed E-state index contributed by atoms with van der Waals surface area (Å²) < 4.78 is 44.7. The average molecular weight is 955 g/mol. The quantitative estimate of drug-likeness (QED) is 0.0462. The van der Waals surface area contributed by atoms with Gasteiger partial charge in [-0.3, -0.25) is 19.2 Å². The highest BCUT2D eigenvalue weighted by atomic mass is 16.6. The second-order valence-electron chi connectivity index (χ2n) is 18.1. The van der Waals surface area contributed by atoms with Crippen LogP contribution in [0.4, 0.5) is 0 Å². The first-order valence-corrected chi connectivity index (χ1v) is 24.0. The molecule has 0 saturated carbocycles. The van der Waals surface area contributed by atoms with Crippen LogP contribution < -0.4 is 14.2 Å². The summed E-state index contributed by atoms with van der Waals surface area (Å²) in [5.41, 5.74) is 3.48. The predicted molar refractivity (Wildman–Crippen MR) is 276 cm³/mol. The standard InChI is InChI=1S/C60H58O11/c1-35(65-39(5)61)31-51-45-23-15-17-25-47(45)53(33-37(3)67-41(7)63)57-49(51)27-29-55(69-43-19-11-9-12-20-43)59(57)71-60-56(70-44-21-13-10-14-22-44)30-28-50-52(32-36(2)66-40(6)62)46-24-16-18-26-48(46)54(58(50)60)34-38(4)68-42(8)64/h9-30,35-38H,31-34H2,1-8H3. The van der Waals surface area contributed by atoms with Gasteiger partial charge >= 0.3 is 23.9 Å². The summed E-state index contributed by atoms with van der Waals surface area (Å²) in [6.07, 6.45) is -0.820. The van der Waals surface area contributed by atoms with E-state index in [0.717, 1.165) is 54.6 Å². The van der Waals surface area contributed by atoms with E-state index in [9.17, 15) is 19.2 Å². The van der Waals surface area contributed by atoms with Crippen LogP contribution in [-0.2, 0) is 63.8 Å². The Hall–Kier alpha value is -7.92. The first-order chi connectivity index (χ1) is 34.1. The second-order valence-corrected chi connectivity index (χ2v) is 18.1. The van der Waals surface area contributed by atoms with Crippen LogP contribution in [0.25, 0.3) is 43.1 Å². The summed E-state index contributed by atoms with van der Waals surface area (Å²) in [4.78, 5) is 49.9. The fourth-order valence-corrected chi connectivity index (χ4v) is 9.82. The molecule has 8 aromatic rings. The van der Waals surface area contributed by atoms with Crippen molar-refractivity contribution in [3.05, 3.63) is 156 Å². The first-order valence-electron chi connectivity index (χ1n) is 24.0. The van der Waals surface area contributed by atoms with Crippen LogP contribution in [0.1, 0.15) is 77.6 Å². The van der Waals surface area contributed by atoms with Gasteiger partial charge in [0.15, 0.2) is 23.0 Å². The van der Waals surface area contributed by atoms with Gasteiger partial charge in [0.05, 0.1) is 0 Å². The van der Waals surface area contributed by atoms with Crippen LogP contribution in [0.5, 0.6) is 34.5 Å². The van der Waals surface area contributed by atoms with E-state index < -0.39 is 48.3 Å². The van der Waals surface area contributed by atoms with Crippen molar-refractivity contribution in [1.82, 2.24) is 0 Å². The van der Waals surface area contributed by atoms with E-state index in [2.05, 4.69) is 12.1 Å². The minimum absolute atomic E-state index is 0.290. The molecule has 0 amide bonds. The Labute approximate surface area is 413 Å². The zero-order valence-electron chi connectivity index (χ0n) is 41.3. The highest BCUT2D eigenvalue weighted by Gasteiger charge is 2.29. The maximum atomic E-state index is 12.5. The van der Waals surface area contributed by atoms with Crippen molar-refractivity contribution < 1.29 is 52.3 Å². The first kappa shape index (κ1) is 49.5. The van der Waals surface area contributed by atoms with Gasteiger partial charge in [-0.1, -0.05) is 97.1 Å². The summed E-state index contributed by atoms with van der Waals surface area (Å²) in [5, 5.41) is 6.61. The molecule has 8 aromatic carbocycles. The third-order valence-corrected chi connectivity index (χ3v) is 12.2. The third kappa shape index (κ3) is 11.4. The molecule has 71 heavy (non-hydrogen) atoms. The van der Waals surface area contributed by atoms with Gasteiger partial charge in [-0.2, -0.15) is 0 Å². The lowest BCUT2D eigenvalue weighted by molar-refractivity contribution is -0.146. The van der Waals surface area contributed by atoms with Crippen molar-refractivity contribution >= 4 is 67.0 Å². The summed E-state index contributed by atoms with van der Waals surface area (Å²) in [5.74, 6) is 0.932. The van der Waals surface area contributed by atoms with Crippen molar-refractivity contribution in [1.29, 1.82) is 0 Å². The molecular formula is C60H58O11. The number of esters is 4. The number of hydrogen-bond acceptors (Lipinski definition) is 11. The smallest absolute Gasteiger partial charge is 0.302 e. The molecule has 0 aliphatic rings. The van der Waals surface area contributed by atoms with Gasteiger partial charge < -0.3 is 33.2 Å². The molecule has 0 saturated heterocycles. The van der Waals surface area contributed by atoms with Crippen molar-refractivity contribution in [2.24, 2.45) is 0 Å². The lowest BCUT2D eigenvalue weighted by Gasteiger charge is -2.26. The fourth-order valence-electron chi connectivity index (χ4n) is 9.82. The highest BCUT2D eigenvalue weighted by Crippen LogP contribution is 2.52. The van der Waals surface area contributed by atoms with Crippen molar-refractivity contribution in [3.63, 3.8) is 0 Å². The van der Waals surface area contributed by atoms with Crippen molar-refractivity contribution in [2.75, 3.05) is 0 Å². The fraction of sp³-hybridized carbons (Fsp3) is 0.267. The van der Waals surface area contributed by atoms with Gasteiger partial charge in [-0.05, 0) is 119 Å². The number of para-hydroxylation sites is 2. The van der Waals surface area contributed by atoms with Gasteiger partial charge in [0, 0.05) is 64.2 Å². The molecule has 0 aliphatic heterocycles. The Kier molecular flexibility index (Phi) is 15.2. The number of carbonyl (C=O) groups is 4. The van der Waals surface area contributed by atoms with Gasteiger partial charge in [0.1, 0.15) is 35.9 Å². The van der Waals surface area contributed by atoms with E-state index in [4.69, 9.17) is 33.2 Å². The molecule has 0 radical (unpaired) electrons. The van der Waals surface area contributed by atoms with Gasteiger partial charge in [-0.15, -0.1) is 0 Å². The van der Waals surface area contributed by atoms with E-state index >= 15 is 0 Å². The number of hydrogen-bond donors (Lipinski definition) is 0. The number of benzene rings is 8. The SMILES string of the molecule is CC(=O)OC(C)Cc1c2ccccc2c(CC(C)OC(C)=O)c2c(Oc3c(Oc4ccccc4)ccc4c(CC(C)OC(C)=O)c5ccccc5c(CC(C)OC(C)=O)c34)c(Oc3ccccc3)ccc12. The largest absolute Gasteiger partial charge is 0.463 e. The topological polar surface area (TPSA) is 133 Å². The summed E-state index contributed by atoms with van der Waals surface area (Å²) >= 11 is 0. The van der Waals surface area contributed by atoms with Crippen molar-refractivity contribution in [2.45, 2.75) is 105 Å².